The third kappa shape index (κ3) is 3.23. The van der Waals surface area contributed by atoms with Gasteiger partial charge < -0.3 is 55.1 Å². The topological polar surface area (TPSA) is 190 Å². The molecule has 11 heteroatoms. The molecule has 23 heavy (non-hydrogen) atoms. The van der Waals surface area contributed by atoms with Crippen LogP contribution in [0.2, 0.25) is 0 Å². The zero-order chi connectivity index (χ0) is 17.4. The number of hydrogen-bond acceptors (Lipinski definition) is 11. The minimum absolute atomic E-state index is 0.669. The Labute approximate surface area is 130 Å². The Morgan fingerprint density at radius 3 is 1.87 bits per heavy atom. The van der Waals surface area contributed by atoms with Crippen LogP contribution in [0.3, 0.4) is 0 Å². The van der Waals surface area contributed by atoms with E-state index in [4.69, 9.17) is 24.4 Å². The summed E-state index contributed by atoms with van der Waals surface area (Å²) in [6.45, 7) is -2.32. The van der Waals surface area contributed by atoms with Crippen LogP contribution in [0, 0.1) is 0 Å². The number of aliphatic hydroxyl groups excluding tert-OH is 8. The van der Waals surface area contributed by atoms with E-state index in [0.29, 0.717) is 0 Å². The van der Waals surface area contributed by atoms with Crippen molar-refractivity contribution in [3.05, 3.63) is 0 Å². The van der Waals surface area contributed by atoms with Crippen molar-refractivity contribution in [1.29, 1.82) is 0 Å². The summed E-state index contributed by atoms with van der Waals surface area (Å²) in [4.78, 5) is 0. The molecule has 0 amide bonds. The van der Waals surface area contributed by atoms with Crippen LogP contribution >= 0.6 is 0 Å². The second-order valence-electron chi connectivity index (χ2n) is 5.56. The minimum atomic E-state index is -2.22. The van der Waals surface area contributed by atoms with Crippen molar-refractivity contribution >= 4 is 0 Å². The van der Waals surface area contributed by atoms with Crippen LogP contribution in [-0.2, 0) is 14.2 Å². The first-order valence-corrected chi connectivity index (χ1v) is 7.05. The molecule has 8 N–H and O–H groups in total. The van der Waals surface area contributed by atoms with Gasteiger partial charge in [-0.05, 0) is 0 Å². The molecule has 0 aliphatic carbocycles. The first-order chi connectivity index (χ1) is 10.8. The van der Waals surface area contributed by atoms with Gasteiger partial charge in [-0.3, -0.25) is 0 Å². The summed E-state index contributed by atoms with van der Waals surface area (Å²) >= 11 is 0. The van der Waals surface area contributed by atoms with Crippen LogP contribution < -0.4 is 0 Å². The van der Waals surface area contributed by atoms with Crippen LogP contribution in [0.5, 0.6) is 0 Å². The van der Waals surface area contributed by atoms with E-state index >= 15 is 0 Å². The third-order valence-electron chi connectivity index (χ3n) is 4.07. The maximum atomic E-state index is 10.00. The van der Waals surface area contributed by atoms with Gasteiger partial charge in [0.2, 0.25) is 5.79 Å². The summed E-state index contributed by atoms with van der Waals surface area (Å²) in [6, 6.07) is 0. The molecule has 3 unspecified atom stereocenters. The van der Waals surface area contributed by atoms with E-state index in [1.807, 2.05) is 0 Å². The van der Waals surface area contributed by atoms with Crippen LogP contribution in [0.4, 0.5) is 0 Å². The van der Waals surface area contributed by atoms with E-state index in [2.05, 4.69) is 0 Å². The fourth-order valence-electron chi connectivity index (χ4n) is 2.63. The molecule has 0 aromatic heterocycles. The lowest BCUT2D eigenvalue weighted by molar-refractivity contribution is -0.383. The lowest BCUT2D eigenvalue weighted by Gasteiger charge is -2.43. The molecule has 136 valence electrons. The molecule has 2 aliphatic heterocycles. The molecule has 0 saturated carbocycles. The highest BCUT2D eigenvalue weighted by molar-refractivity contribution is 4.98. The van der Waals surface area contributed by atoms with E-state index in [1.54, 1.807) is 0 Å². The lowest BCUT2D eigenvalue weighted by atomic mass is 9.99. The second-order valence-corrected chi connectivity index (χ2v) is 5.56. The first-order valence-electron chi connectivity index (χ1n) is 7.05. The van der Waals surface area contributed by atoms with Gasteiger partial charge in [0.15, 0.2) is 6.29 Å². The SMILES string of the molecule is OCC1O[C@H](O[C@]2(CO)O[C@H](CO)C(O)[C@H]2O)[C@@H](O)C(O)[C@@H]1O. The van der Waals surface area contributed by atoms with Crippen molar-refractivity contribution in [1.82, 2.24) is 0 Å². The molecule has 2 aliphatic rings. The lowest BCUT2D eigenvalue weighted by Crippen LogP contribution is -2.62. The molecule has 2 saturated heterocycles. The van der Waals surface area contributed by atoms with Crippen molar-refractivity contribution in [2.75, 3.05) is 19.8 Å². The largest absolute Gasteiger partial charge is 0.394 e. The number of aliphatic hydroxyl groups is 8. The molecular weight excluding hydrogens is 320 g/mol. The molecular formula is C12H22O11. The molecule has 2 rings (SSSR count). The molecule has 2 fully saturated rings. The smallest absolute Gasteiger partial charge is 0.224 e. The standard InChI is InChI=1S/C12H22O11/c13-1-4-6(16)8(18)9(19)11(21-4)23-12(3-15)10(20)7(17)5(2-14)22-12/h4-11,13-20H,1-3H2/t4?,5-,6-,7?,8?,9+,10-,11-,12+/m1/s1. The van der Waals surface area contributed by atoms with E-state index in [9.17, 15) is 30.6 Å². The van der Waals surface area contributed by atoms with E-state index in [-0.39, 0.29) is 0 Å². The predicted molar refractivity (Wildman–Crippen MR) is 68.6 cm³/mol. The van der Waals surface area contributed by atoms with Crippen molar-refractivity contribution in [2.45, 2.75) is 54.8 Å². The fraction of sp³-hybridized carbons (Fsp3) is 1.00. The number of hydrogen-bond donors (Lipinski definition) is 8. The first kappa shape index (κ1) is 18.9. The van der Waals surface area contributed by atoms with Crippen molar-refractivity contribution in [3.63, 3.8) is 0 Å². The van der Waals surface area contributed by atoms with Gasteiger partial charge in [0.1, 0.15) is 49.3 Å². The molecule has 9 atom stereocenters. The zero-order valence-electron chi connectivity index (χ0n) is 12.0. The summed E-state index contributed by atoms with van der Waals surface area (Å²) in [6.07, 6.45) is -12.7. The highest BCUT2D eigenvalue weighted by atomic mass is 16.8. The third-order valence-corrected chi connectivity index (χ3v) is 4.07. The van der Waals surface area contributed by atoms with E-state index in [1.165, 1.54) is 0 Å². The van der Waals surface area contributed by atoms with Crippen molar-refractivity contribution in [3.8, 4) is 0 Å². The molecule has 2 heterocycles. The van der Waals surface area contributed by atoms with Crippen LogP contribution in [0.25, 0.3) is 0 Å². The Bertz CT molecular complexity index is 393. The normalized spacial score (nSPS) is 51.1. The Balaban J connectivity index is 2.18. The van der Waals surface area contributed by atoms with Crippen LogP contribution in [0.15, 0.2) is 0 Å². The van der Waals surface area contributed by atoms with Gasteiger partial charge in [0.05, 0.1) is 13.2 Å². The Hall–Kier alpha value is -0.440. The maximum absolute atomic E-state index is 10.00. The maximum Gasteiger partial charge on any atom is 0.224 e. The number of ether oxygens (including phenoxy) is 3. The highest BCUT2D eigenvalue weighted by Crippen LogP contribution is 2.35. The zero-order valence-corrected chi connectivity index (χ0v) is 12.0. The number of rotatable bonds is 5. The second kappa shape index (κ2) is 7.21. The minimum Gasteiger partial charge on any atom is -0.394 e. The average Bonchev–Trinajstić information content (AvgIpc) is 2.80. The Morgan fingerprint density at radius 1 is 0.783 bits per heavy atom. The van der Waals surface area contributed by atoms with Crippen molar-refractivity contribution in [2.24, 2.45) is 0 Å². The molecule has 0 aromatic carbocycles. The van der Waals surface area contributed by atoms with Gasteiger partial charge in [-0.25, -0.2) is 0 Å². The van der Waals surface area contributed by atoms with Gasteiger partial charge in [0, 0.05) is 0 Å². The molecule has 11 nitrogen and oxygen atoms in total. The predicted octanol–water partition coefficient (Wildman–Crippen LogP) is -5.40. The van der Waals surface area contributed by atoms with Crippen LogP contribution in [0.1, 0.15) is 0 Å². The monoisotopic (exact) mass is 342 g/mol. The van der Waals surface area contributed by atoms with Gasteiger partial charge in [0.25, 0.3) is 0 Å². The van der Waals surface area contributed by atoms with Gasteiger partial charge >= 0.3 is 0 Å². The molecule has 0 aromatic rings. The molecule has 0 spiro atoms. The highest BCUT2D eigenvalue weighted by Gasteiger charge is 2.58. The van der Waals surface area contributed by atoms with Gasteiger partial charge in [-0.15, -0.1) is 0 Å². The van der Waals surface area contributed by atoms with Gasteiger partial charge in [-0.2, -0.15) is 0 Å². The quantitative estimate of drug-likeness (QED) is 0.238. The summed E-state index contributed by atoms with van der Waals surface area (Å²) in [7, 11) is 0. The summed E-state index contributed by atoms with van der Waals surface area (Å²) in [5.74, 6) is -2.22. The van der Waals surface area contributed by atoms with E-state index < -0.39 is 74.6 Å². The van der Waals surface area contributed by atoms with Crippen molar-refractivity contribution < 1.29 is 55.1 Å². The van der Waals surface area contributed by atoms with Gasteiger partial charge in [-0.1, -0.05) is 0 Å². The Morgan fingerprint density at radius 2 is 1.39 bits per heavy atom. The fourth-order valence-corrected chi connectivity index (χ4v) is 2.63. The average molecular weight is 342 g/mol. The molecule has 0 radical (unpaired) electrons. The van der Waals surface area contributed by atoms with E-state index in [0.717, 1.165) is 0 Å². The summed E-state index contributed by atoms with van der Waals surface area (Å²) in [5, 5.41) is 76.7. The summed E-state index contributed by atoms with van der Waals surface area (Å²) < 4.78 is 15.4. The Kier molecular flexibility index (Phi) is 5.92. The van der Waals surface area contributed by atoms with Crippen LogP contribution in [-0.4, -0.2) is 115 Å². The summed E-state index contributed by atoms with van der Waals surface area (Å²) in [5.41, 5.74) is 0. The molecule has 0 bridgehead atoms.